The number of aromatic nitrogens is 7. The van der Waals surface area contributed by atoms with Crippen LogP contribution in [0.1, 0.15) is 0 Å². The van der Waals surface area contributed by atoms with Crippen LogP contribution in [0, 0.1) is 0 Å². The lowest BCUT2D eigenvalue weighted by atomic mass is 9.86. The molecule has 0 atom stereocenters. The molecule has 0 aliphatic heterocycles. The Hall–Kier alpha value is -8.29. The van der Waals surface area contributed by atoms with Gasteiger partial charge in [-0.25, -0.2) is 29.9 Å². The number of hydrogen-bond acceptors (Lipinski definition) is 7. The van der Waals surface area contributed by atoms with E-state index in [9.17, 15) is 0 Å². The number of rotatable bonds is 9. The predicted molar refractivity (Wildman–Crippen MR) is 240 cm³/mol. The van der Waals surface area contributed by atoms with Crippen LogP contribution < -0.4 is 0 Å². The summed E-state index contributed by atoms with van der Waals surface area (Å²) in [4.78, 5) is 34.8. The second kappa shape index (κ2) is 16.3. The van der Waals surface area contributed by atoms with Gasteiger partial charge in [0, 0.05) is 51.3 Å². The summed E-state index contributed by atoms with van der Waals surface area (Å²) < 4.78 is 0. The molecule has 3 aromatic heterocycles. The van der Waals surface area contributed by atoms with E-state index in [-0.39, 0.29) is 0 Å². The van der Waals surface area contributed by atoms with E-state index in [4.69, 9.17) is 29.9 Å². The SMILES string of the molecule is c1ccc(-c2nc(-c3ccccc3)nc(-c3cccc(-c4cccc(-c5ccccc5-c5nc(-c6ccccc6)nc(-c6ccccc6)n5)c4-c4cccnc4)c3)n2)cc1. The second-order valence-corrected chi connectivity index (χ2v) is 14.2. The number of pyridine rings is 1. The summed E-state index contributed by atoms with van der Waals surface area (Å²) in [7, 11) is 0. The van der Waals surface area contributed by atoms with Crippen LogP contribution in [0.4, 0.5) is 0 Å². The minimum atomic E-state index is 0.584. The number of benzene rings is 7. The van der Waals surface area contributed by atoms with E-state index in [0.717, 1.165) is 66.8 Å². The van der Waals surface area contributed by atoms with Crippen molar-refractivity contribution in [1.82, 2.24) is 34.9 Å². The Kier molecular flexibility index (Phi) is 9.79. The largest absolute Gasteiger partial charge is 0.264 e. The Morgan fingerprint density at radius 3 is 1.10 bits per heavy atom. The molecule has 0 N–H and O–H groups in total. The van der Waals surface area contributed by atoms with Gasteiger partial charge in [0.1, 0.15) is 0 Å². The molecule has 0 radical (unpaired) electrons. The summed E-state index contributed by atoms with van der Waals surface area (Å²) in [6.45, 7) is 0. The van der Waals surface area contributed by atoms with Crippen LogP contribution in [-0.4, -0.2) is 34.9 Å². The van der Waals surface area contributed by atoms with Gasteiger partial charge in [0.15, 0.2) is 34.9 Å². The monoisotopic (exact) mass is 769 g/mol. The molecule has 10 aromatic rings. The summed E-state index contributed by atoms with van der Waals surface area (Å²) in [5, 5.41) is 0. The zero-order valence-electron chi connectivity index (χ0n) is 32.3. The van der Waals surface area contributed by atoms with Crippen molar-refractivity contribution in [2.45, 2.75) is 0 Å². The molecule has 0 aliphatic carbocycles. The Morgan fingerprint density at radius 2 is 0.600 bits per heavy atom. The zero-order chi connectivity index (χ0) is 40.1. The molecule has 0 saturated heterocycles. The highest BCUT2D eigenvalue weighted by atomic mass is 15.0. The minimum Gasteiger partial charge on any atom is -0.264 e. The topological polar surface area (TPSA) is 90.2 Å². The minimum absolute atomic E-state index is 0.584. The molecule has 0 amide bonds. The van der Waals surface area contributed by atoms with Gasteiger partial charge >= 0.3 is 0 Å². The van der Waals surface area contributed by atoms with Crippen LogP contribution in [-0.2, 0) is 0 Å². The van der Waals surface area contributed by atoms with Gasteiger partial charge in [-0.3, -0.25) is 4.98 Å². The lowest BCUT2D eigenvalue weighted by Gasteiger charge is -2.19. The molecule has 7 nitrogen and oxygen atoms in total. The van der Waals surface area contributed by atoms with Gasteiger partial charge in [-0.15, -0.1) is 0 Å². The molecule has 0 spiro atoms. The quantitative estimate of drug-likeness (QED) is 0.144. The summed E-state index contributed by atoms with van der Waals surface area (Å²) in [5.41, 5.74) is 11.5. The highest BCUT2D eigenvalue weighted by Gasteiger charge is 2.21. The molecule has 0 fully saturated rings. The summed E-state index contributed by atoms with van der Waals surface area (Å²) in [5.74, 6) is 3.62. The Morgan fingerprint density at radius 1 is 0.233 bits per heavy atom. The maximum Gasteiger partial charge on any atom is 0.164 e. The highest BCUT2D eigenvalue weighted by Crippen LogP contribution is 2.43. The van der Waals surface area contributed by atoms with E-state index in [1.807, 2.05) is 140 Å². The van der Waals surface area contributed by atoms with Crippen molar-refractivity contribution < 1.29 is 0 Å². The van der Waals surface area contributed by atoms with Gasteiger partial charge in [0.25, 0.3) is 0 Å². The van der Waals surface area contributed by atoms with Crippen LogP contribution in [0.2, 0.25) is 0 Å². The lowest BCUT2D eigenvalue weighted by Crippen LogP contribution is -2.01. The van der Waals surface area contributed by atoms with E-state index in [1.165, 1.54) is 0 Å². The molecule has 60 heavy (non-hydrogen) atoms. The predicted octanol–water partition coefficient (Wildman–Crippen LogP) is 12.5. The molecule has 7 aromatic carbocycles. The van der Waals surface area contributed by atoms with Crippen molar-refractivity contribution in [2.75, 3.05) is 0 Å². The van der Waals surface area contributed by atoms with E-state index in [0.29, 0.717) is 34.9 Å². The molecule has 0 bridgehead atoms. The van der Waals surface area contributed by atoms with E-state index >= 15 is 0 Å². The fourth-order valence-corrected chi connectivity index (χ4v) is 7.44. The first kappa shape index (κ1) is 36.1. The first-order valence-electron chi connectivity index (χ1n) is 19.7. The van der Waals surface area contributed by atoms with Crippen molar-refractivity contribution in [3.05, 3.63) is 213 Å². The number of nitrogens with zero attached hydrogens (tertiary/aromatic N) is 7. The lowest BCUT2D eigenvalue weighted by molar-refractivity contribution is 1.07. The fraction of sp³-hybridized carbons (Fsp3) is 0. The van der Waals surface area contributed by atoms with Crippen LogP contribution >= 0.6 is 0 Å². The van der Waals surface area contributed by atoms with E-state index < -0.39 is 0 Å². The van der Waals surface area contributed by atoms with Gasteiger partial charge in [-0.05, 0) is 39.9 Å². The zero-order valence-corrected chi connectivity index (χ0v) is 32.3. The third-order valence-corrected chi connectivity index (χ3v) is 10.3. The van der Waals surface area contributed by atoms with Crippen molar-refractivity contribution in [1.29, 1.82) is 0 Å². The molecule has 3 heterocycles. The molecule has 282 valence electrons. The summed E-state index contributed by atoms with van der Waals surface area (Å²) >= 11 is 0. The standard InChI is InChI=1S/C53H35N7/c1-5-18-36(19-6-1)48-55-49(37-20-7-2-8-21-37)58-52(57-48)41-27-15-26-40(34-41)43-31-16-32-45(47(43)42-28-17-33-54-35-42)44-29-13-14-30-46(44)53-59-50(38-22-9-3-10-23-38)56-51(60-53)39-24-11-4-12-25-39/h1-35H. The fourth-order valence-electron chi connectivity index (χ4n) is 7.44. The van der Waals surface area contributed by atoms with Gasteiger partial charge in [-0.1, -0.05) is 188 Å². The normalized spacial score (nSPS) is 11.0. The third kappa shape index (κ3) is 7.35. The van der Waals surface area contributed by atoms with Crippen LogP contribution in [0.15, 0.2) is 213 Å². The van der Waals surface area contributed by atoms with Crippen molar-refractivity contribution in [3.8, 4) is 102 Å². The molecule has 0 aliphatic rings. The summed E-state index contributed by atoms with van der Waals surface area (Å²) in [6, 6.07) is 67.4. The molecule has 7 heteroatoms. The Labute approximate surface area is 347 Å². The number of hydrogen-bond donors (Lipinski definition) is 0. The third-order valence-electron chi connectivity index (χ3n) is 10.3. The second-order valence-electron chi connectivity index (χ2n) is 14.2. The maximum atomic E-state index is 5.12. The Balaban J connectivity index is 1.15. The molecule has 10 rings (SSSR count). The first-order valence-corrected chi connectivity index (χ1v) is 19.7. The van der Waals surface area contributed by atoms with Gasteiger partial charge in [0.2, 0.25) is 0 Å². The smallest absolute Gasteiger partial charge is 0.164 e. The molecule has 0 unspecified atom stereocenters. The average molecular weight is 770 g/mol. The van der Waals surface area contributed by atoms with Crippen molar-refractivity contribution >= 4 is 0 Å². The molecule has 0 saturated carbocycles. The Bertz CT molecular complexity index is 2950. The molecular formula is C53H35N7. The highest BCUT2D eigenvalue weighted by molar-refractivity contribution is 5.98. The average Bonchev–Trinajstić information content (AvgIpc) is 3.35. The van der Waals surface area contributed by atoms with Crippen LogP contribution in [0.5, 0.6) is 0 Å². The maximum absolute atomic E-state index is 5.12. The first-order chi connectivity index (χ1) is 29.7. The van der Waals surface area contributed by atoms with Crippen molar-refractivity contribution in [3.63, 3.8) is 0 Å². The van der Waals surface area contributed by atoms with Gasteiger partial charge in [-0.2, -0.15) is 0 Å². The summed E-state index contributed by atoms with van der Waals surface area (Å²) in [6.07, 6.45) is 3.72. The van der Waals surface area contributed by atoms with Gasteiger partial charge in [0.05, 0.1) is 0 Å². The van der Waals surface area contributed by atoms with E-state index in [2.05, 4.69) is 71.7 Å². The van der Waals surface area contributed by atoms with Crippen LogP contribution in [0.3, 0.4) is 0 Å². The van der Waals surface area contributed by atoms with Gasteiger partial charge < -0.3 is 0 Å². The van der Waals surface area contributed by atoms with Crippen LogP contribution in [0.25, 0.3) is 102 Å². The van der Waals surface area contributed by atoms with E-state index in [1.54, 1.807) is 6.20 Å². The molecular weight excluding hydrogens is 735 g/mol. The van der Waals surface area contributed by atoms with Crippen molar-refractivity contribution in [2.24, 2.45) is 0 Å².